The maximum atomic E-state index is 6.08. The number of aryl methyl sites for hydroxylation is 1. The Morgan fingerprint density at radius 3 is 1.90 bits per heavy atom. The zero-order chi connectivity index (χ0) is 15.0. The second kappa shape index (κ2) is 8.89. The first-order valence-electron chi connectivity index (χ1n) is 6.86. The number of rotatable bonds is 3. The highest BCUT2D eigenvalue weighted by molar-refractivity contribution is 6.39. The lowest BCUT2D eigenvalue weighted by Gasteiger charge is -2.12. The van der Waals surface area contributed by atoms with Crippen molar-refractivity contribution in [1.82, 2.24) is 0 Å². The molecule has 0 bridgehead atoms. The molecule has 2 aromatic rings. The van der Waals surface area contributed by atoms with E-state index in [1.54, 1.807) is 0 Å². The van der Waals surface area contributed by atoms with Crippen molar-refractivity contribution in [2.24, 2.45) is 0 Å². The van der Waals surface area contributed by atoms with Gasteiger partial charge in [0.25, 0.3) is 0 Å². The molecule has 2 rings (SSSR count). The first kappa shape index (κ1) is 16.9. The van der Waals surface area contributed by atoms with Crippen molar-refractivity contribution in [3.63, 3.8) is 0 Å². The van der Waals surface area contributed by atoms with Gasteiger partial charge in [0.15, 0.2) is 0 Å². The van der Waals surface area contributed by atoms with E-state index in [9.17, 15) is 0 Å². The summed E-state index contributed by atoms with van der Waals surface area (Å²) in [7, 11) is 0. The molecule has 1 nitrogen and oxygen atoms in total. The van der Waals surface area contributed by atoms with E-state index in [1.165, 1.54) is 12.8 Å². The van der Waals surface area contributed by atoms with Gasteiger partial charge in [0.05, 0.1) is 15.7 Å². The Bertz CT molecular complexity index is 516. The van der Waals surface area contributed by atoms with Crippen LogP contribution in [0.4, 0.5) is 11.4 Å². The van der Waals surface area contributed by atoms with Crippen molar-refractivity contribution >= 4 is 34.6 Å². The summed E-state index contributed by atoms with van der Waals surface area (Å²) in [6.45, 7) is 6.40. The van der Waals surface area contributed by atoms with Gasteiger partial charge in [-0.1, -0.05) is 74.2 Å². The Morgan fingerprint density at radius 1 is 0.850 bits per heavy atom. The number of halogens is 2. The molecular formula is C17H21Cl2N. The Kier molecular flexibility index (Phi) is 7.50. The van der Waals surface area contributed by atoms with Gasteiger partial charge in [-0.25, -0.2) is 0 Å². The van der Waals surface area contributed by atoms with Crippen LogP contribution in [0, 0.1) is 6.92 Å². The van der Waals surface area contributed by atoms with E-state index in [0.717, 1.165) is 16.9 Å². The average Bonchev–Trinajstić information content (AvgIpc) is 2.45. The lowest BCUT2D eigenvalue weighted by molar-refractivity contribution is 0.886. The summed E-state index contributed by atoms with van der Waals surface area (Å²) in [6, 6.07) is 13.5. The summed E-state index contributed by atoms with van der Waals surface area (Å²) in [4.78, 5) is 0. The molecule has 108 valence electrons. The third kappa shape index (κ3) is 5.07. The molecule has 2 aromatic carbocycles. The molecule has 0 aliphatic rings. The molecule has 0 aliphatic carbocycles. The summed E-state index contributed by atoms with van der Waals surface area (Å²) >= 11 is 12.2. The smallest absolute Gasteiger partial charge is 0.0762 e. The third-order valence-corrected chi connectivity index (χ3v) is 3.50. The molecule has 0 atom stereocenters. The second-order valence-electron chi connectivity index (χ2n) is 4.54. The van der Waals surface area contributed by atoms with Gasteiger partial charge in [-0.2, -0.15) is 0 Å². The van der Waals surface area contributed by atoms with Gasteiger partial charge < -0.3 is 5.32 Å². The van der Waals surface area contributed by atoms with Crippen LogP contribution in [-0.4, -0.2) is 0 Å². The Morgan fingerprint density at radius 2 is 1.40 bits per heavy atom. The van der Waals surface area contributed by atoms with Gasteiger partial charge in [-0.15, -0.1) is 0 Å². The molecule has 0 spiro atoms. The Labute approximate surface area is 131 Å². The lowest BCUT2D eigenvalue weighted by Crippen LogP contribution is -1.94. The highest BCUT2D eigenvalue weighted by Gasteiger charge is 2.06. The third-order valence-electron chi connectivity index (χ3n) is 2.87. The van der Waals surface area contributed by atoms with Gasteiger partial charge in [0.2, 0.25) is 0 Å². The van der Waals surface area contributed by atoms with E-state index < -0.39 is 0 Å². The van der Waals surface area contributed by atoms with Crippen molar-refractivity contribution in [3.8, 4) is 0 Å². The second-order valence-corrected chi connectivity index (χ2v) is 5.35. The van der Waals surface area contributed by atoms with E-state index in [-0.39, 0.29) is 0 Å². The lowest BCUT2D eigenvalue weighted by atomic mass is 10.2. The fraction of sp³-hybridized carbons (Fsp3) is 0.294. The van der Waals surface area contributed by atoms with Crippen LogP contribution in [0.5, 0.6) is 0 Å². The number of anilines is 2. The zero-order valence-corrected chi connectivity index (χ0v) is 13.7. The molecule has 0 heterocycles. The molecule has 0 saturated heterocycles. The first-order valence-corrected chi connectivity index (χ1v) is 7.62. The fourth-order valence-electron chi connectivity index (χ4n) is 1.47. The van der Waals surface area contributed by atoms with Crippen LogP contribution >= 0.6 is 23.2 Å². The summed E-state index contributed by atoms with van der Waals surface area (Å²) < 4.78 is 0. The topological polar surface area (TPSA) is 12.0 Å². The molecule has 0 amide bonds. The molecule has 0 fully saturated rings. The highest BCUT2D eigenvalue weighted by Crippen LogP contribution is 2.33. The van der Waals surface area contributed by atoms with Gasteiger partial charge in [0.1, 0.15) is 0 Å². The van der Waals surface area contributed by atoms with E-state index in [2.05, 4.69) is 19.2 Å². The number of nitrogens with one attached hydrogen (secondary N) is 1. The van der Waals surface area contributed by atoms with Gasteiger partial charge in [-0.05, 0) is 30.7 Å². The van der Waals surface area contributed by atoms with Crippen molar-refractivity contribution in [2.75, 3.05) is 5.32 Å². The maximum absolute atomic E-state index is 6.08. The van der Waals surface area contributed by atoms with Crippen molar-refractivity contribution in [2.45, 2.75) is 33.6 Å². The number of hydrogen-bond acceptors (Lipinski definition) is 1. The molecule has 0 saturated carbocycles. The summed E-state index contributed by atoms with van der Waals surface area (Å²) in [5, 5.41) is 4.49. The van der Waals surface area contributed by atoms with Gasteiger partial charge >= 0.3 is 0 Å². The fourth-order valence-corrected chi connectivity index (χ4v) is 1.96. The largest absolute Gasteiger partial charge is 0.353 e. The van der Waals surface area contributed by atoms with Crippen LogP contribution in [0.1, 0.15) is 32.3 Å². The zero-order valence-electron chi connectivity index (χ0n) is 12.2. The Balaban J connectivity index is 0.000000444. The minimum atomic E-state index is 0.621. The predicted molar refractivity (Wildman–Crippen MR) is 91.5 cm³/mol. The molecule has 0 aromatic heterocycles. The summed E-state index contributed by atoms with van der Waals surface area (Å²) in [5.74, 6) is 0. The summed E-state index contributed by atoms with van der Waals surface area (Å²) in [5.41, 5.74) is 2.91. The van der Waals surface area contributed by atoms with Crippen LogP contribution in [0.3, 0.4) is 0 Å². The van der Waals surface area contributed by atoms with Crippen molar-refractivity contribution < 1.29 is 0 Å². The van der Waals surface area contributed by atoms with Crippen molar-refractivity contribution in [3.05, 3.63) is 58.1 Å². The van der Waals surface area contributed by atoms with Crippen LogP contribution in [0.25, 0.3) is 0 Å². The predicted octanol–water partition coefficient (Wildman–Crippen LogP) is 6.85. The minimum Gasteiger partial charge on any atom is -0.353 e. The SMILES string of the molecule is CCCC.Cc1ccccc1Nc1c(Cl)cccc1Cl. The number of unbranched alkanes of at least 4 members (excludes halogenated alkanes) is 1. The standard InChI is InChI=1S/C13H11Cl2N.C4H10/c1-9-5-2-3-8-12(9)16-13-10(14)6-4-7-11(13)15;1-3-4-2/h2-8,16H,1H3;3-4H2,1-2H3. The maximum Gasteiger partial charge on any atom is 0.0762 e. The van der Waals surface area contributed by atoms with Crippen LogP contribution < -0.4 is 5.32 Å². The van der Waals surface area contributed by atoms with E-state index >= 15 is 0 Å². The minimum absolute atomic E-state index is 0.621. The Hall–Kier alpha value is -1.18. The van der Waals surface area contributed by atoms with Gasteiger partial charge in [0, 0.05) is 5.69 Å². The highest BCUT2D eigenvalue weighted by atomic mass is 35.5. The number of hydrogen-bond donors (Lipinski definition) is 1. The van der Waals surface area contributed by atoms with E-state index in [4.69, 9.17) is 23.2 Å². The van der Waals surface area contributed by atoms with E-state index in [1.807, 2.05) is 49.4 Å². The van der Waals surface area contributed by atoms with Gasteiger partial charge in [-0.3, -0.25) is 0 Å². The average molecular weight is 310 g/mol. The molecule has 20 heavy (non-hydrogen) atoms. The summed E-state index contributed by atoms with van der Waals surface area (Å²) in [6.07, 6.45) is 2.64. The van der Waals surface area contributed by atoms with Crippen LogP contribution in [0.2, 0.25) is 10.0 Å². The molecule has 0 aliphatic heterocycles. The first-order chi connectivity index (χ1) is 9.60. The molecule has 1 N–H and O–H groups in total. The van der Waals surface area contributed by atoms with E-state index in [0.29, 0.717) is 10.0 Å². The van der Waals surface area contributed by atoms with Crippen LogP contribution in [0.15, 0.2) is 42.5 Å². The molecular weight excluding hydrogens is 289 g/mol. The van der Waals surface area contributed by atoms with Crippen molar-refractivity contribution in [1.29, 1.82) is 0 Å². The number of benzene rings is 2. The monoisotopic (exact) mass is 309 g/mol. The molecule has 3 heteroatoms. The normalized spacial score (nSPS) is 9.65. The quantitative estimate of drug-likeness (QED) is 0.653. The molecule has 0 unspecified atom stereocenters. The van der Waals surface area contributed by atoms with Crippen LogP contribution in [-0.2, 0) is 0 Å². The molecule has 0 radical (unpaired) electrons. The number of para-hydroxylation sites is 2.